The van der Waals surface area contributed by atoms with Crippen molar-refractivity contribution >= 4 is 27.6 Å². The first-order valence-corrected chi connectivity index (χ1v) is 27.2. The minimum atomic E-state index is -5.37. The Morgan fingerprint density at radius 1 is 0.492 bits per heavy atom. The van der Waals surface area contributed by atoms with Crippen molar-refractivity contribution in [3.05, 3.63) is 48.6 Å². The van der Waals surface area contributed by atoms with Crippen LogP contribution in [0.5, 0.6) is 0 Å². The second-order valence-corrected chi connectivity index (χ2v) is 19.4. The number of aliphatic hydroxyl groups is 4. The smallest absolute Gasteiger partial charge is 0.462 e. The van der Waals surface area contributed by atoms with E-state index in [0.29, 0.717) is 12.8 Å². The first kappa shape index (κ1) is 61.0. The van der Waals surface area contributed by atoms with Crippen LogP contribution in [0.2, 0.25) is 0 Å². The first-order valence-electron chi connectivity index (χ1n) is 24.2. The van der Waals surface area contributed by atoms with Crippen molar-refractivity contribution in [1.29, 1.82) is 0 Å². The van der Waals surface area contributed by atoms with Crippen molar-refractivity contribution in [1.82, 2.24) is 0 Å². The number of hydrogen-bond acceptors (Lipinski definition) is 13. The molecule has 8 atom stereocenters. The zero-order chi connectivity index (χ0) is 48.2. The monoisotopic (exact) mass is 967 g/mol. The molecule has 1 saturated carbocycles. The van der Waals surface area contributed by atoms with E-state index < -0.39 is 83.5 Å². The van der Waals surface area contributed by atoms with Gasteiger partial charge in [0.15, 0.2) is 6.10 Å². The summed E-state index contributed by atoms with van der Waals surface area (Å²) in [5.41, 5.74) is 0. The number of hydrogen-bond donors (Lipinski definition) is 7. The van der Waals surface area contributed by atoms with Gasteiger partial charge in [-0.25, -0.2) is 9.13 Å². The molecule has 1 fully saturated rings. The van der Waals surface area contributed by atoms with Crippen LogP contribution in [0.25, 0.3) is 0 Å². The van der Waals surface area contributed by atoms with Crippen LogP contribution >= 0.6 is 15.6 Å². The molecule has 0 heterocycles. The topological polar surface area (TPSA) is 256 Å². The molecule has 1 rings (SSSR count). The maximum Gasteiger partial charge on any atom is 0.472 e. The number of ether oxygens (including phenoxy) is 2. The van der Waals surface area contributed by atoms with E-state index in [9.17, 15) is 53.8 Å². The summed E-state index contributed by atoms with van der Waals surface area (Å²) < 4.78 is 49.4. The van der Waals surface area contributed by atoms with Gasteiger partial charge in [0, 0.05) is 12.8 Å². The Morgan fingerprint density at radius 3 is 1.34 bits per heavy atom. The third-order valence-electron chi connectivity index (χ3n) is 10.9. The van der Waals surface area contributed by atoms with Crippen molar-refractivity contribution in [2.45, 2.75) is 224 Å². The highest BCUT2D eigenvalue weighted by atomic mass is 31.2. The van der Waals surface area contributed by atoms with Crippen LogP contribution in [0.15, 0.2) is 48.6 Å². The van der Waals surface area contributed by atoms with Crippen LogP contribution in [0.4, 0.5) is 0 Å². The molecule has 18 heteroatoms. The van der Waals surface area contributed by atoms with Gasteiger partial charge in [-0.1, -0.05) is 140 Å². The fourth-order valence-electron chi connectivity index (χ4n) is 7.09. The van der Waals surface area contributed by atoms with Gasteiger partial charge in [-0.15, -0.1) is 0 Å². The minimum absolute atomic E-state index is 0.0252. The number of esters is 2. The lowest BCUT2D eigenvalue weighted by molar-refractivity contribution is -0.216. The summed E-state index contributed by atoms with van der Waals surface area (Å²) in [7, 11) is -10.7. The number of carbonyl (C=O) groups is 2. The highest BCUT2D eigenvalue weighted by Gasteiger charge is 2.54. The summed E-state index contributed by atoms with van der Waals surface area (Å²) in [6.07, 6.45) is 27.7. The van der Waals surface area contributed by atoms with Gasteiger partial charge in [-0.05, 0) is 77.0 Å². The number of phosphoric acid groups is 2. The summed E-state index contributed by atoms with van der Waals surface area (Å²) in [5.74, 6) is -1.23. The molecule has 0 bridgehead atoms. The normalized spacial score (nSPS) is 22.0. The molecule has 8 unspecified atom stereocenters. The van der Waals surface area contributed by atoms with E-state index in [4.69, 9.17) is 18.5 Å². The van der Waals surface area contributed by atoms with Gasteiger partial charge >= 0.3 is 27.6 Å². The quantitative estimate of drug-likeness (QED) is 0.0131. The van der Waals surface area contributed by atoms with Crippen LogP contribution in [-0.4, -0.2) is 103 Å². The number of phosphoric ester groups is 2. The van der Waals surface area contributed by atoms with Crippen molar-refractivity contribution in [2.75, 3.05) is 13.2 Å². The Labute approximate surface area is 388 Å². The SMILES string of the molecule is CCCCCC=CCC=CCCCCCCCCCC(=O)OCC(COP(=O)(O)OC1C(O)C(O)C(O)C(OP(=O)(O)O)C1O)OC(=O)CCCCCCCC=CCC=CCCCCC. The third kappa shape index (κ3) is 32.4. The van der Waals surface area contributed by atoms with Gasteiger partial charge in [-0.2, -0.15) is 0 Å². The molecule has 0 aliphatic heterocycles. The summed E-state index contributed by atoms with van der Waals surface area (Å²) in [6.45, 7) is 3.04. The van der Waals surface area contributed by atoms with E-state index in [-0.39, 0.29) is 12.8 Å². The number of carbonyl (C=O) groups excluding carboxylic acids is 2. The third-order valence-corrected chi connectivity index (χ3v) is 12.4. The van der Waals surface area contributed by atoms with Crippen molar-refractivity contribution in [3.63, 3.8) is 0 Å². The van der Waals surface area contributed by atoms with E-state index in [1.807, 2.05) is 0 Å². The van der Waals surface area contributed by atoms with Crippen molar-refractivity contribution < 1.29 is 76.9 Å². The van der Waals surface area contributed by atoms with Crippen LogP contribution in [0, 0.1) is 0 Å². The highest BCUT2D eigenvalue weighted by molar-refractivity contribution is 7.47. The second-order valence-electron chi connectivity index (χ2n) is 16.8. The van der Waals surface area contributed by atoms with Crippen LogP contribution < -0.4 is 0 Å². The fraction of sp³-hybridized carbons (Fsp3) is 0.787. The molecule has 1 aliphatic rings. The van der Waals surface area contributed by atoms with Gasteiger partial charge in [0.05, 0.1) is 6.61 Å². The summed E-state index contributed by atoms with van der Waals surface area (Å²) in [6, 6.07) is 0. The second kappa shape index (κ2) is 37.9. The Balaban J connectivity index is 2.59. The molecule has 7 N–H and O–H groups in total. The summed E-state index contributed by atoms with van der Waals surface area (Å²) >= 11 is 0. The molecule has 1 aliphatic carbocycles. The molecule has 378 valence electrons. The maximum atomic E-state index is 13.0. The van der Waals surface area contributed by atoms with E-state index >= 15 is 0 Å². The van der Waals surface area contributed by atoms with E-state index in [1.165, 1.54) is 38.5 Å². The molecular weight excluding hydrogens is 882 g/mol. The van der Waals surface area contributed by atoms with Crippen LogP contribution in [0.3, 0.4) is 0 Å². The average Bonchev–Trinajstić information content (AvgIpc) is 3.26. The molecule has 0 saturated heterocycles. The molecule has 0 radical (unpaired) electrons. The number of unbranched alkanes of at least 4 members (excludes halogenated alkanes) is 18. The fourth-order valence-corrected chi connectivity index (χ4v) is 8.62. The maximum absolute atomic E-state index is 13.0. The lowest BCUT2D eigenvalue weighted by atomic mass is 9.85. The van der Waals surface area contributed by atoms with Gasteiger partial charge in [0.2, 0.25) is 0 Å². The van der Waals surface area contributed by atoms with Gasteiger partial charge in [0.25, 0.3) is 0 Å². The predicted molar refractivity (Wildman–Crippen MR) is 250 cm³/mol. The van der Waals surface area contributed by atoms with Crippen LogP contribution in [-0.2, 0) is 41.8 Å². The lowest BCUT2D eigenvalue weighted by Gasteiger charge is -2.43. The first-order chi connectivity index (χ1) is 31.1. The molecular formula is C47H84O16P2. The van der Waals surface area contributed by atoms with Crippen molar-refractivity contribution in [2.24, 2.45) is 0 Å². The van der Waals surface area contributed by atoms with E-state index in [1.54, 1.807) is 0 Å². The predicted octanol–water partition coefficient (Wildman–Crippen LogP) is 9.29. The number of rotatable bonds is 40. The molecule has 0 aromatic rings. The molecule has 0 amide bonds. The lowest BCUT2D eigenvalue weighted by Crippen LogP contribution is -2.64. The zero-order valence-corrected chi connectivity index (χ0v) is 40.9. The molecule has 0 aromatic carbocycles. The molecule has 0 aromatic heterocycles. The number of allylic oxidation sites excluding steroid dienone is 8. The van der Waals surface area contributed by atoms with E-state index in [0.717, 1.165) is 103 Å². The Morgan fingerprint density at radius 2 is 0.892 bits per heavy atom. The molecule has 16 nitrogen and oxygen atoms in total. The Bertz CT molecular complexity index is 1450. The Kier molecular flexibility index (Phi) is 35.5. The molecule has 0 spiro atoms. The van der Waals surface area contributed by atoms with E-state index in [2.05, 4.69) is 67.0 Å². The highest BCUT2D eigenvalue weighted by Crippen LogP contribution is 2.49. The molecule has 65 heavy (non-hydrogen) atoms. The van der Waals surface area contributed by atoms with Crippen molar-refractivity contribution in [3.8, 4) is 0 Å². The average molecular weight is 967 g/mol. The Hall–Kier alpha value is -2.04. The van der Waals surface area contributed by atoms with Gasteiger partial charge < -0.3 is 44.6 Å². The standard InChI is InChI=1S/C47H84O16P2/c1-3-5-7-9-11-13-15-17-19-20-22-23-25-27-29-31-33-35-40(48)59-37-39(61-41(49)36-34-32-30-28-26-24-21-18-16-14-12-10-8-6-4-2)38-60-65(57,58)63-47-44(52)42(50)43(51)46(45(47)53)62-64(54,55)56/h11-14,17-19,21,39,42-47,50-53H,3-10,15-16,20,22-38H2,1-2H3,(H,57,58)(H2,54,55,56). The van der Waals surface area contributed by atoms with Gasteiger partial charge in [0.1, 0.15) is 43.2 Å². The minimum Gasteiger partial charge on any atom is -0.462 e. The number of aliphatic hydroxyl groups excluding tert-OH is 4. The zero-order valence-electron chi connectivity index (χ0n) is 39.2. The largest absolute Gasteiger partial charge is 0.472 e. The summed E-state index contributed by atoms with van der Waals surface area (Å²) in [5, 5.41) is 41.2. The van der Waals surface area contributed by atoms with Gasteiger partial charge in [-0.3, -0.25) is 23.2 Å². The summed E-state index contributed by atoms with van der Waals surface area (Å²) in [4.78, 5) is 54.3. The van der Waals surface area contributed by atoms with Crippen LogP contribution in [0.1, 0.15) is 181 Å².